The number of ether oxygens (including phenoxy) is 1. The molecule has 0 saturated heterocycles. The fourth-order valence-corrected chi connectivity index (χ4v) is 4.32. The summed E-state index contributed by atoms with van der Waals surface area (Å²) in [5, 5.41) is 15.4. The molecule has 9 nitrogen and oxygen atoms in total. The van der Waals surface area contributed by atoms with Crippen LogP contribution in [0.1, 0.15) is 18.9 Å². The average Bonchev–Trinajstić information content (AvgIpc) is 3.50. The second-order valence-corrected chi connectivity index (χ2v) is 8.63. The van der Waals surface area contributed by atoms with Crippen molar-refractivity contribution in [2.24, 2.45) is 0 Å². The maximum atomic E-state index is 12.2. The molecule has 3 aromatic heterocycles. The van der Waals surface area contributed by atoms with Gasteiger partial charge in [0.25, 0.3) is 5.91 Å². The lowest BCUT2D eigenvalue weighted by Crippen LogP contribution is -2.36. The molecule has 1 amide bonds. The Bertz CT molecular complexity index is 1440. The number of carbonyl (C=O) groups excluding carboxylic acids is 1. The number of amides is 1. The van der Waals surface area contributed by atoms with Gasteiger partial charge in [-0.2, -0.15) is 5.10 Å². The van der Waals surface area contributed by atoms with Gasteiger partial charge in [0.2, 0.25) is 0 Å². The summed E-state index contributed by atoms with van der Waals surface area (Å²) in [7, 11) is 0. The monoisotopic (exact) mass is 473 g/mol. The molecule has 0 aliphatic heterocycles. The van der Waals surface area contributed by atoms with E-state index in [1.54, 1.807) is 24.5 Å². The lowest BCUT2D eigenvalue weighted by molar-refractivity contribution is -0.127. The molecule has 3 heterocycles. The van der Waals surface area contributed by atoms with Crippen molar-refractivity contribution in [3.05, 3.63) is 65.5 Å². The summed E-state index contributed by atoms with van der Waals surface area (Å²) in [6, 6.07) is 11.6. The molecule has 5 rings (SSSR count). The third-order valence-corrected chi connectivity index (χ3v) is 6.09. The Hall–Kier alpha value is -4.05. The molecule has 1 atom stereocenters. The van der Waals surface area contributed by atoms with Gasteiger partial charge in [-0.05, 0) is 44.2 Å². The highest BCUT2D eigenvalue weighted by molar-refractivity contribution is 7.09. The van der Waals surface area contributed by atoms with Crippen LogP contribution in [-0.4, -0.2) is 43.3 Å². The number of hydrogen-bond acceptors (Lipinski definition) is 8. The smallest absolute Gasteiger partial charge is 0.260 e. The predicted octanol–water partition coefficient (Wildman–Crippen LogP) is 4.13. The molecule has 0 bridgehead atoms. The summed E-state index contributed by atoms with van der Waals surface area (Å²) in [5.41, 5.74) is 2.59. The van der Waals surface area contributed by atoms with Crippen molar-refractivity contribution in [2.45, 2.75) is 26.5 Å². The van der Waals surface area contributed by atoms with Gasteiger partial charge in [0, 0.05) is 29.2 Å². The normalized spacial score (nSPS) is 12.1. The highest BCUT2D eigenvalue weighted by atomic mass is 32.1. The molecule has 0 aliphatic rings. The predicted molar refractivity (Wildman–Crippen MR) is 133 cm³/mol. The van der Waals surface area contributed by atoms with Crippen LogP contribution in [0, 0.1) is 0 Å². The number of anilines is 2. The second-order valence-electron chi connectivity index (χ2n) is 7.65. The number of rotatable bonds is 8. The Labute approximate surface area is 199 Å². The zero-order chi connectivity index (χ0) is 23.5. The lowest BCUT2D eigenvalue weighted by Gasteiger charge is -2.17. The number of nitrogens with zero attached hydrogens (tertiary/aromatic N) is 5. The number of aromatic nitrogens is 5. The van der Waals surface area contributed by atoms with E-state index in [4.69, 9.17) is 4.74 Å². The highest BCUT2D eigenvalue weighted by Gasteiger charge is 2.17. The summed E-state index contributed by atoms with van der Waals surface area (Å²) >= 11 is 1.61. The molecule has 0 radical (unpaired) electrons. The number of carbonyl (C=O) groups is 1. The van der Waals surface area contributed by atoms with E-state index in [2.05, 4.69) is 30.7 Å². The van der Waals surface area contributed by atoms with Crippen molar-refractivity contribution >= 4 is 50.6 Å². The van der Waals surface area contributed by atoms with Crippen LogP contribution in [0.2, 0.25) is 0 Å². The van der Waals surface area contributed by atoms with Crippen LogP contribution in [-0.2, 0) is 11.3 Å². The van der Waals surface area contributed by atoms with Crippen LogP contribution >= 0.6 is 11.3 Å². The quantitative estimate of drug-likeness (QED) is 0.349. The fraction of sp³-hybridized carbons (Fsp3) is 0.208. The summed E-state index contributed by atoms with van der Waals surface area (Å²) in [6.45, 7) is 4.77. The molecular formula is C24H23N7O2S. The summed E-state index contributed by atoms with van der Waals surface area (Å²) in [4.78, 5) is 25.4. The van der Waals surface area contributed by atoms with Gasteiger partial charge in [-0.25, -0.2) is 15.0 Å². The summed E-state index contributed by atoms with van der Waals surface area (Å²) in [6.07, 6.45) is 4.49. The van der Waals surface area contributed by atoms with Crippen LogP contribution in [0.15, 0.2) is 60.5 Å². The number of likely N-dealkylation sites (N-methyl/N-ethyl adjacent to an activating group) is 1. The van der Waals surface area contributed by atoms with Gasteiger partial charge < -0.3 is 15.4 Å². The number of hydrogen-bond donors (Lipinski definition) is 2. The molecule has 2 aromatic carbocycles. The van der Waals surface area contributed by atoms with Crippen molar-refractivity contribution in [3.8, 4) is 5.75 Å². The fourth-order valence-electron chi connectivity index (χ4n) is 3.72. The van der Waals surface area contributed by atoms with Crippen LogP contribution < -0.4 is 15.4 Å². The van der Waals surface area contributed by atoms with E-state index in [-0.39, 0.29) is 5.91 Å². The minimum Gasteiger partial charge on any atom is -0.480 e. The first-order valence-corrected chi connectivity index (χ1v) is 11.8. The van der Waals surface area contributed by atoms with Crippen molar-refractivity contribution in [1.29, 1.82) is 0 Å². The van der Waals surface area contributed by atoms with Crippen molar-refractivity contribution in [1.82, 2.24) is 30.0 Å². The number of nitrogens with one attached hydrogen (secondary N) is 2. The van der Waals surface area contributed by atoms with Crippen LogP contribution in [0.4, 0.5) is 11.5 Å². The molecule has 34 heavy (non-hydrogen) atoms. The van der Waals surface area contributed by atoms with Crippen LogP contribution in [0.5, 0.6) is 5.75 Å². The van der Waals surface area contributed by atoms with Crippen molar-refractivity contribution in [2.75, 3.05) is 11.9 Å². The van der Waals surface area contributed by atoms with E-state index >= 15 is 0 Å². The van der Waals surface area contributed by atoms with E-state index in [1.807, 2.05) is 59.6 Å². The molecule has 0 spiro atoms. The molecule has 172 valence electrons. The van der Waals surface area contributed by atoms with Gasteiger partial charge in [-0.15, -0.1) is 11.3 Å². The first kappa shape index (κ1) is 21.8. The Morgan fingerprint density at radius 3 is 2.94 bits per heavy atom. The maximum Gasteiger partial charge on any atom is 0.260 e. The molecule has 10 heteroatoms. The highest BCUT2D eigenvalue weighted by Crippen LogP contribution is 2.32. The minimum atomic E-state index is -0.654. The van der Waals surface area contributed by atoms with Crippen LogP contribution in [0.25, 0.3) is 21.8 Å². The lowest BCUT2D eigenvalue weighted by atomic mass is 10.2. The summed E-state index contributed by atoms with van der Waals surface area (Å²) in [5.74, 6) is 0.959. The SMILES string of the molecule is CCNC(=O)C(C)Oc1cccc2ncnc(Nc3ccc4c(cnn4Cc4nccs4)c3)c12. The molecular weight excluding hydrogens is 450 g/mol. The summed E-state index contributed by atoms with van der Waals surface area (Å²) < 4.78 is 7.93. The standard InChI is InChI=1S/C24H23N7O2S/c1-3-25-24(32)15(2)33-20-6-4-5-18-22(20)23(28-14-27-18)30-17-7-8-19-16(11-17)12-29-31(19)13-21-26-9-10-34-21/h4-12,14-15H,3,13H2,1-2H3,(H,25,32)(H,27,28,30). The van der Waals surface area contributed by atoms with Gasteiger partial charge >= 0.3 is 0 Å². The first-order valence-electron chi connectivity index (χ1n) is 10.9. The second kappa shape index (κ2) is 9.44. The zero-order valence-corrected chi connectivity index (χ0v) is 19.5. The van der Waals surface area contributed by atoms with E-state index < -0.39 is 6.10 Å². The molecule has 1 unspecified atom stereocenters. The van der Waals surface area contributed by atoms with Gasteiger partial charge in [-0.1, -0.05) is 6.07 Å². The molecule has 0 saturated carbocycles. The van der Waals surface area contributed by atoms with E-state index in [0.29, 0.717) is 30.0 Å². The topological polar surface area (TPSA) is 107 Å². The van der Waals surface area contributed by atoms with Crippen molar-refractivity contribution < 1.29 is 9.53 Å². The van der Waals surface area contributed by atoms with Gasteiger partial charge in [0.1, 0.15) is 22.9 Å². The number of thiazole rings is 1. The first-order chi connectivity index (χ1) is 16.6. The molecule has 5 aromatic rings. The molecule has 0 fully saturated rings. The van der Waals surface area contributed by atoms with E-state index in [1.165, 1.54) is 6.33 Å². The van der Waals surface area contributed by atoms with Gasteiger partial charge in [0.15, 0.2) is 6.10 Å². The Morgan fingerprint density at radius 1 is 1.21 bits per heavy atom. The molecule has 2 N–H and O–H groups in total. The third kappa shape index (κ3) is 4.40. The largest absolute Gasteiger partial charge is 0.480 e. The zero-order valence-electron chi connectivity index (χ0n) is 18.7. The van der Waals surface area contributed by atoms with Gasteiger partial charge in [-0.3, -0.25) is 9.48 Å². The van der Waals surface area contributed by atoms with Gasteiger partial charge in [0.05, 0.1) is 29.2 Å². The third-order valence-electron chi connectivity index (χ3n) is 5.32. The maximum absolute atomic E-state index is 12.2. The number of benzene rings is 2. The van der Waals surface area contributed by atoms with E-state index in [0.717, 1.165) is 27.1 Å². The van der Waals surface area contributed by atoms with Crippen molar-refractivity contribution in [3.63, 3.8) is 0 Å². The molecule has 0 aliphatic carbocycles. The number of fused-ring (bicyclic) bond motifs is 2. The van der Waals surface area contributed by atoms with E-state index in [9.17, 15) is 4.79 Å². The Morgan fingerprint density at radius 2 is 2.12 bits per heavy atom. The Kier molecular flexibility index (Phi) is 6.05. The average molecular weight is 474 g/mol. The Balaban J connectivity index is 1.45. The minimum absolute atomic E-state index is 0.175. The van der Waals surface area contributed by atoms with Crippen LogP contribution in [0.3, 0.4) is 0 Å².